The highest BCUT2D eigenvalue weighted by Crippen LogP contribution is 2.33. The summed E-state index contributed by atoms with van der Waals surface area (Å²) < 4.78 is 40.0. The van der Waals surface area contributed by atoms with Crippen LogP contribution < -0.4 is 4.74 Å². The molecule has 1 aliphatic carbocycles. The summed E-state index contributed by atoms with van der Waals surface area (Å²) in [6, 6.07) is 4.18. The molecule has 1 atom stereocenters. The molecule has 0 radical (unpaired) electrons. The van der Waals surface area contributed by atoms with E-state index in [1.165, 1.54) is 12.1 Å². The van der Waals surface area contributed by atoms with Crippen molar-refractivity contribution >= 4 is 6.29 Å². The maximum absolute atomic E-state index is 12.0. The first-order valence-corrected chi connectivity index (χ1v) is 5.33. The molecular formula is C12H11F3O2. The Kier molecular flexibility index (Phi) is 3.09. The molecule has 0 aliphatic heterocycles. The van der Waals surface area contributed by atoms with Crippen LogP contribution in [0.3, 0.4) is 0 Å². The number of carbonyl (C=O) groups is 1. The fraction of sp³-hybridized carbons (Fsp3) is 0.417. The maximum atomic E-state index is 12.0. The van der Waals surface area contributed by atoms with Gasteiger partial charge in [0.05, 0.1) is 0 Å². The van der Waals surface area contributed by atoms with Gasteiger partial charge in [0.15, 0.2) is 0 Å². The minimum absolute atomic E-state index is 0.196. The zero-order valence-corrected chi connectivity index (χ0v) is 8.96. The van der Waals surface area contributed by atoms with Crippen molar-refractivity contribution in [3.8, 4) is 5.75 Å². The highest BCUT2D eigenvalue weighted by molar-refractivity contribution is 5.64. The zero-order chi connectivity index (χ0) is 12.5. The number of carbonyl (C=O) groups excluding carboxylic acids is 1. The van der Waals surface area contributed by atoms with E-state index in [0.29, 0.717) is 6.42 Å². The molecule has 0 saturated heterocycles. The van der Waals surface area contributed by atoms with Crippen LogP contribution in [0.25, 0.3) is 0 Å². The summed E-state index contributed by atoms with van der Waals surface area (Å²) in [7, 11) is 0. The minimum atomic E-state index is -4.67. The normalized spacial score (nSPS) is 19.6. The molecule has 92 valence electrons. The number of ether oxygens (including phenoxy) is 1. The average Bonchev–Trinajstić information content (AvgIpc) is 2.25. The summed E-state index contributed by atoms with van der Waals surface area (Å²) in [6.45, 7) is 0. The SMILES string of the molecule is O=CC1CCCc2cc(OC(F)(F)F)ccc21. The van der Waals surface area contributed by atoms with Crippen LogP contribution in [0.5, 0.6) is 5.75 Å². The Morgan fingerprint density at radius 1 is 1.35 bits per heavy atom. The molecule has 0 saturated carbocycles. The molecule has 1 aromatic carbocycles. The lowest BCUT2D eigenvalue weighted by molar-refractivity contribution is -0.274. The molecule has 17 heavy (non-hydrogen) atoms. The molecule has 0 bridgehead atoms. The highest BCUT2D eigenvalue weighted by atomic mass is 19.4. The maximum Gasteiger partial charge on any atom is 0.573 e. The van der Waals surface area contributed by atoms with E-state index in [-0.39, 0.29) is 11.7 Å². The second kappa shape index (κ2) is 4.39. The standard InChI is InChI=1S/C12H11F3O2/c13-12(14,15)17-10-4-5-11-8(6-10)2-1-3-9(11)7-16/h4-7,9H,1-3H2. The van der Waals surface area contributed by atoms with Crippen molar-refractivity contribution in [2.24, 2.45) is 0 Å². The van der Waals surface area contributed by atoms with E-state index in [9.17, 15) is 18.0 Å². The Bertz CT molecular complexity index is 426. The first-order chi connectivity index (χ1) is 7.99. The van der Waals surface area contributed by atoms with Gasteiger partial charge in [-0.3, -0.25) is 0 Å². The third-order valence-electron chi connectivity index (χ3n) is 2.87. The van der Waals surface area contributed by atoms with Gasteiger partial charge in [-0.15, -0.1) is 13.2 Å². The smallest absolute Gasteiger partial charge is 0.406 e. The highest BCUT2D eigenvalue weighted by Gasteiger charge is 2.31. The van der Waals surface area contributed by atoms with Crippen molar-refractivity contribution in [1.29, 1.82) is 0 Å². The Morgan fingerprint density at radius 3 is 2.76 bits per heavy atom. The molecule has 2 rings (SSSR count). The van der Waals surface area contributed by atoms with Crippen LogP contribution in [0.4, 0.5) is 13.2 Å². The van der Waals surface area contributed by atoms with Gasteiger partial charge in [-0.05, 0) is 42.5 Å². The predicted octanol–water partition coefficient (Wildman–Crippen LogP) is 3.20. The number of aryl methyl sites for hydroxylation is 1. The molecular weight excluding hydrogens is 233 g/mol. The van der Waals surface area contributed by atoms with Crippen LogP contribution in [-0.2, 0) is 11.2 Å². The summed E-state index contributed by atoms with van der Waals surface area (Å²) in [6.07, 6.45) is -1.56. The topological polar surface area (TPSA) is 26.3 Å². The van der Waals surface area contributed by atoms with E-state index in [4.69, 9.17) is 0 Å². The zero-order valence-electron chi connectivity index (χ0n) is 8.96. The molecule has 0 fully saturated rings. The van der Waals surface area contributed by atoms with E-state index >= 15 is 0 Å². The molecule has 0 amide bonds. The molecule has 0 aromatic heterocycles. The van der Waals surface area contributed by atoms with Crippen LogP contribution >= 0.6 is 0 Å². The minimum Gasteiger partial charge on any atom is -0.406 e. The van der Waals surface area contributed by atoms with Crippen molar-refractivity contribution in [1.82, 2.24) is 0 Å². The molecule has 1 unspecified atom stereocenters. The van der Waals surface area contributed by atoms with E-state index < -0.39 is 6.36 Å². The van der Waals surface area contributed by atoms with Gasteiger partial charge in [-0.1, -0.05) is 6.07 Å². The number of hydrogen-bond donors (Lipinski definition) is 0. The van der Waals surface area contributed by atoms with Gasteiger partial charge in [0.25, 0.3) is 0 Å². The number of aldehydes is 1. The first-order valence-electron chi connectivity index (χ1n) is 5.33. The second-order valence-electron chi connectivity index (χ2n) is 4.04. The number of benzene rings is 1. The molecule has 0 N–H and O–H groups in total. The molecule has 1 aromatic rings. The summed E-state index contributed by atoms with van der Waals surface area (Å²) in [5.41, 5.74) is 1.59. The first kappa shape index (κ1) is 12.0. The van der Waals surface area contributed by atoms with Gasteiger partial charge in [-0.25, -0.2) is 0 Å². The fourth-order valence-corrected chi connectivity index (χ4v) is 2.17. The number of fused-ring (bicyclic) bond motifs is 1. The second-order valence-corrected chi connectivity index (χ2v) is 4.04. The van der Waals surface area contributed by atoms with Gasteiger partial charge in [0.2, 0.25) is 0 Å². The number of alkyl halides is 3. The van der Waals surface area contributed by atoms with Crippen molar-refractivity contribution in [3.05, 3.63) is 29.3 Å². The Balaban J connectivity index is 2.28. The van der Waals surface area contributed by atoms with Gasteiger partial charge in [-0.2, -0.15) is 0 Å². The van der Waals surface area contributed by atoms with Crippen LogP contribution in [0.2, 0.25) is 0 Å². The molecule has 0 spiro atoms. The molecule has 0 heterocycles. The average molecular weight is 244 g/mol. The molecule has 1 aliphatic rings. The largest absolute Gasteiger partial charge is 0.573 e. The van der Waals surface area contributed by atoms with E-state index in [0.717, 1.165) is 30.3 Å². The fourth-order valence-electron chi connectivity index (χ4n) is 2.17. The van der Waals surface area contributed by atoms with Crippen LogP contribution in [-0.4, -0.2) is 12.6 Å². The van der Waals surface area contributed by atoms with Gasteiger partial charge in [0.1, 0.15) is 12.0 Å². The van der Waals surface area contributed by atoms with E-state index in [2.05, 4.69) is 4.74 Å². The van der Waals surface area contributed by atoms with Crippen LogP contribution in [0, 0.1) is 0 Å². The van der Waals surface area contributed by atoms with Crippen molar-refractivity contribution in [2.75, 3.05) is 0 Å². The van der Waals surface area contributed by atoms with Crippen LogP contribution in [0.1, 0.15) is 29.9 Å². The predicted molar refractivity (Wildman–Crippen MR) is 54.9 cm³/mol. The van der Waals surface area contributed by atoms with Gasteiger partial charge >= 0.3 is 6.36 Å². The van der Waals surface area contributed by atoms with Crippen molar-refractivity contribution in [2.45, 2.75) is 31.5 Å². The third kappa shape index (κ3) is 2.78. The van der Waals surface area contributed by atoms with E-state index in [1.807, 2.05) is 0 Å². The Hall–Kier alpha value is -1.52. The van der Waals surface area contributed by atoms with Crippen LogP contribution in [0.15, 0.2) is 18.2 Å². The van der Waals surface area contributed by atoms with E-state index in [1.54, 1.807) is 6.07 Å². The third-order valence-corrected chi connectivity index (χ3v) is 2.87. The quantitative estimate of drug-likeness (QED) is 0.747. The molecule has 2 nitrogen and oxygen atoms in total. The lowest BCUT2D eigenvalue weighted by Crippen LogP contribution is -2.18. The Labute approximate surface area is 96.4 Å². The number of hydrogen-bond acceptors (Lipinski definition) is 2. The summed E-state index contributed by atoms with van der Waals surface area (Å²) in [5, 5.41) is 0. The molecule has 5 heteroatoms. The van der Waals surface area contributed by atoms with Gasteiger partial charge in [0, 0.05) is 5.92 Å². The number of rotatable bonds is 2. The van der Waals surface area contributed by atoms with Crippen molar-refractivity contribution in [3.63, 3.8) is 0 Å². The summed E-state index contributed by atoms with van der Waals surface area (Å²) in [4.78, 5) is 10.8. The number of halogens is 3. The summed E-state index contributed by atoms with van der Waals surface area (Å²) >= 11 is 0. The monoisotopic (exact) mass is 244 g/mol. The van der Waals surface area contributed by atoms with Gasteiger partial charge < -0.3 is 9.53 Å². The lowest BCUT2D eigenvalue weighted by atomic mass is 9.83. The Morgan fingerprint density at radius 2 is 2.12 bits per heavy atom. The van der Waals surface area contributed by atoms with Crippen molar-refractivity contribution < 1.29 is 22.7 Å². The summed E-state index contributed by atoms with van der Waals surface area (Å²) in [5.74, 6) is -0.415. The lowest BCUT2D eigenvalue weighted by Gasteiger charge is -2.22.